The molecule has 1 heterocycles. The molecular formula is C19H20ClF3N2O4. The molecule has 0 N–H and O–H groups in total. The van der Waals surface area contributed by atoms with E-state index in [1.165, 1.54) is 25.2 Å². The minimum absolute atomic E-state index is 0.136. The van der Waals surface area contributed by atoms with Gasteiger partial charge in [-0.05, 0) is 30.7 Å². The van der Waals surface area contributed by atoms with Crippen LogP contribution in [0, 0.1) is 0 Å². The summed E-state index contributed by atoms with van der Waals surface area (Å²) in [6.45, 7) is 0.943. The Morgan fingerprint density at radius 1 is 1.17 bits per heavy atom. The third-order valence-corrected chi connectivity index (χ3v) is 4.19. The Labute approximate surface area is 171 Å². The first-order valence-corrected chi connectivity index (χ1v) is 8.91. The minimum atomic E-state index is -4.52. The third-order valence-electron chi connectivity index (χ3n) is 3.92. The number of benzene rings is 1. The van der Waals surface area contributed by atoms with E-state index in [2.05, 4.69) is 9.72 Å². The van der Waals surface area contributed by atoms with Crippen molar-refractivity contribution >= 4 is 17.5 Å². The molecular weight excluding hydrogens is 413 g/mol. The van der Waals surface area contributed by atoms with E-state index in [-0.39, 0.29) is 28.9 Å². The summed E-state index contributed by atoms with van der Waals surface area (Å²) in [6.07, 6.45) is -3.38. The molecule has 158 valence electrons. The molecule has 0 unspecified atom stereocenters. The number of rotatable bonds is 8. The first kappa shape index (κ1) is 22.6. The summed E-state index contributed by atoms with van der Waals surface area (Å²) in [6, 6.07) is 6.53. The van der Waals surface area contributed by atoms with Crippen LogP contribution in [0.4, 0.5) is 13.2 Å². The van der Waals surface area contributed by atoms with Crippen LogP contribution in [0.5, 0.6) is 17.4 Å². The normalized spacial score (nSPS) is 11.1. The highest BCUT2D eigenvalue weighted by Crippen LogP contribution is 2.29. The van der Waals surface area contributed by atoms with E-state index in [4.69, 9.17) is 21.1 Å². The molecule has 1 aromatic carbocycles. The Bertz CT molecular complexity index is 862. The van der Waals surface area contributed by atoms with Gasteiger partial charge in [0, 0.05) is 19.3 Å². The van der Waals surface area contributed by atoms with Crippen LogP contribution in [0.15, 0.2) is 30.5 Å². The highest BCUT2D eigenvalue weighted by molar-refractivity contribution is 6.32. The Hall–Kier alpha value is -2.68. The average molecular weight is 433 g/mol. The lowest BCUT2D eigenvalue weighted by atomic mass is 10.1. The van der Waals surface area contributed by atoms with E-state index in [9.17, 15) is 18.0 Å². The summed E-state index contributed by atoms with van der Waals surface area (Å²) in [5.74, 6) is 0.336. The number of ether oxygens (including phenoxy) is 3. The standard InChI is InChI=1S/C19H20ClF3N2O4/c1-4-25(10-12-5-6-15(27-2)16(7-12)28-3)18(26)13-8-14(20)17(24-9-13)29-11-19(21,22)23/h5-9H,4,10-11H2,1-3H3. The van der Waals surface area contributed by atoms with Crippen molar-refractivity contribution in [3.8, 4) is 17.4 Å². The number of methoxy groups -OCH3 is 2. The number of hydrogen-bond acceptors (Lipinski definition) is 5. The number of aromatic nitrogens is 1. The first-order valence-electron chi connectivity index (χ1n) is 8.53. The van der Waals surface area contributed by atoms with Gasteiger partial charge in [-0.15, -0.1) is 0 Å². The highest BCUT2D eigenvalue weighted by atomic mass is 35.5. The van der Waals surface area contributed by atoms with Gasteiger partial charge in [-0.1, -0.05) is 17.7 Å². The number of amides is 1. The zero-order valence-corrected chi connectivity index (χ0v) is 16.8. The summed E-state index contributed by atoms with van der Waals surface area (Å²) in [7, 11) is 3.04. The summed E-state index contributed by atoms with van der Waals surface area (Å²) in [4.78, 5) is 18.1. The predicted octanol–water partition coefficient (Wildman–Crippen LogP) is 4.36. The van der Waals surface area contributed by atoms with E-state index >= 15 is 0 Å². The summed E-state index contributed by atoms with van der Waals surface area (Å²) in [5, 5.41) is -0.178. The van der Waals surface area contributed by atoms with Crippen LogP contribution in [0.25, 0.3) is 0 Å². The van der Waals surface area contributed by atoms with Gasteiger partial charge in [0.25, 0.3) is 5.91 Å². The molecule has 0 radical (unpaired) electrons. The fourth-order valence-corrected chi connectivity index (χ4v) is 2.73. The van der Waals surface area contributed by atoms with Gasteiger partial charge in [0.05, 0.1) is 19.8 Å². The van der Waals surface area contributed by atoms with Gasteiger partial charge in [0.2, 0.25) is 5.88 Å². The summed E-state index contributed by atoms with van der Waals surface area (Å²) in [5.41, 5.74) is 0.943. The van der Waals surface area contributed by atoms with Crippen molar-refractivity contribution in [1.82, 2.24) is 9.88 Å². The summed E-state index contributed by atoms with van der Waals surface area (Å²) < 4.78 is 51.8. The number of pyridine rings is 1. The third kappa shape index (κ3) is 6.15. The maximum absolute atomic E-state index is 12.8. The molecule has 1 amide bonds. The highest BCUT2D eigenvalue weighted by Gasteiger charge is 2.29. The second kappa shape index (κ2) is 9.69. The lowest BCUT2D eigenvalue weighted by molar-refractivity contribution is -0.154. The molecule has 2 aromatic rings. The van der Waals surface area contributed by atoms with Crippen LogP contribution < -0.4 is 14.2 Å². The van der Waals surface area contributed by atoms with E-state index in [1.54, 1.807) is 25.1 Å². The van der Waals surface area contributed by atoms with Crippen molar-refractivity contribution in [3.63, 3.8) is 0 Å². The minimum Gasteiger partial charge on any atom is -0.493 e. The van der Waals surface area contributed by atoms with Crippen LogP contribution in [0.2, 0.25) is 5.02 Å². The lowest BCUT2D eigenvalue weighted by Gasteiger charge is -2.22. The molecule has 0 aliphatic carbocycles. The second-order valence-corrected chi connectivity index (χ2v) is 6.33. The quantitative estimate of drug-likeness (QED) is 0.620. The van der Waals surface area contributed by atoms with Gasteiger partial charge in [0.1, 0.15) is 5.02 Å². The number of halogens is 4. The maximum atomic E-state index is 12.8. The molecule has 1 aromatic heterocycles. The van der Waals surface area contributed by atoms with Crippen molar-refractivity contribution in [2.45, 2.75) is 19.6 Å². The molecule has 0 bridgehead atoms. The Morgan fingerprint density at radius 3 is 2.41 bits per heavy atom. The van der Waals surface area contributed by atoms with Gasteiger partial charge in [-0.25, -0.2) is 4.98 Å². The fraction of sp³-hybridized carbons (Fsp3) is 0.368. The average Bonchev–Trinajstić information content (AvgIpc) is 2.69. The molecule has 0 aliphatic rings. The molecule has 10 heteroatoms. The van der Waals surface area contributed by atoms with Crippen LogP contribution in [0.1, 0.15) is 22.8 Å². The predicted molar refractivity (Wildman–Crippen MR) is 101 cm³/mol. The number of alkyl halides is 3. The molecule has 0 fully saturated rings. The molecule has 0 saturated heterocycles. The van der Waals surface area contributed by atoms with Crippen molar-refractivity contribution in [2.75, 3.05) is 27.4 Å². The van der Waals surface area contributed by atoms with E-state index in [0.29, 0.717) is 18.0 Å². The monoisotopic (exact) mass is 432 g/mol. The van der Waals surface area contributed by atoms with Crippen LogP contribution in [0.3, 0.4) is 0 Å². The number of carbonyl (C=O) groups excluding carboxylic acids is 1. The number of carbonyl (C=O) groups is 1. The Morgan fingerprint density at radius 2 is 1.86 bits per heavy atom. The lowest BCUT2D eigenvalue weighted by Crippen LogP contribution is -2.30. The van der Waals surface area contributed by atoms with Crippen molar-refractivity contribution < 1.29 is 32.2 Å². The van der Waals surface area contributed by atoms with Crippen LogP contribution in [-0.4, -0.2) is 49.3 Å². The van der Waals surface area contributed by atoms with Gasteiger partial charge in [-0.3, -0.25) is 4.79 Å². The number of nitrogens with zero attached hydrogens (tertiary/aromatic N) is 2. The van der Waals surface area contributed by atoms with E-state index < -0.39 is 12.8 Å². The molecule has 2 rings (SSSR count). The van der Waals surface area contributed by atoms with Crippen molar-refractivity contribution in [3.05, 3.63) is 46.6 Å². The smallest absolute Gasteiger partial charge is 0.422 e. The molecule has 6 nitrogen and oxygen atoms in total. The topological polar surface area (TPSA) is 60.9 Å². The Kier molecular flexibility index (Phi) is 7.55. The largest absolute Gasteiger partial charge is 0.493 e. The van der Waals surface area contributed by atoms with E-state index in [0.717, 1.165) is 11.8 Å². The molecule has 0 spiro atoms. The Balaban J connectivity index is 2.15. The van der Waals surface area contributed by atoms with E-state index in [1.807, 2.05) is 0 Å². The van der Waals surface area contributed by atoms with Crippen LogP contribution >= 0.6 is 11.6 Å². The van der Waals surface area contributed by atoms with Gasteiger partial charge in [-0.2, -0.15) is 13.2 Å². The van der Waals surface area contributed by atoms with Gasteiger partial charge < -0.3 is 19.1 Å². The zero-order valence-electron chi connectivity index (χ0n) is 16.0. The fourth-order valence-electron chi connectivity index (χ4n) is 2.51. The molecule has 0 saturated carbocycles. The second-order valence-electron chi connectivity index (χ2n) is 5.92. The number of hydrogen-bond donors (Lipinski definition) is 0. The van der Waals surface area contributed by atoms with Gasteiger partial charge in [0.15, 0.2) is 18.1 Å². The van der Waals surface area contributed by atoms with Crippen LogP contribution in [-0.2, 0) is 6.54 Å². The van der Waals surface area contributed by atoms with Crippen molar-refractivity contribution in [1.29, 1.82) is 0 Å². The maximum Gasteiger partial charge on any atom is 0.422 e. The molecule has 0 atom stereocenters. The molecule has 29 heavy (non-hydrogen) atoms. The summed E-state index contributed by atoms with van der Waals surface area (Å²) >= 11 is 5.93. The van der Waals surface area contributed by atoms with Gasteiger partial charge >= 0.3 is 6.18 Å². The zero-order chi connectivity index (χ0) is 21.6. The SMILES string of the molecule is CCN(Cc1ccc(OC)c(OC)c1)C(=O)c1cnc(OCC(F)(F)F)c(Cl)c1. The first-order chi connectivity index (χ1) is 13.7. The van der Waals surface area contributed by atoms with Crippen molar-refractivity contribution in [2.24, 2.45) is 0 Å². The molecule has 0 aliphatic heterocycles.